The zero-order valence-corrected chi connectivity index (χ0v) is 19.2. The van der Waals surface area contributed by atoms with Gasteiger partial charge in [0.25, 0.3) is 18.2 Å². The van der Waals surface area contributed by atoms with E-state index in [1.807, 2.05) is 17.0 Å². The maximum Gasteiger partial charge on any atom is 0.291 e. The highest BCUT2D eigenvalue weighted by molar-refractivity contribution is 5.91. The lowest BCUT2D eigenvalue weighted by molar-refractivity contribution is -0.137. The largest absolute Gasteiger partial charge is 0.483 e. The van der Waals surface area contributed by atoms with Gasteiger partial charge in [0.1, 0.15) is 0 Å². The second-order valence-electron chi connectivity index (χ2n) is 8.44. The highest BCUT2D eigenvalue weighted by Crippen LogP contribution is 2.27. The van der Waals surface area contributed by atoms with Crippen LogP contribution in [0, 0.1) is 5.92 Å². The first-order valence-electron chi connectivity index (χ1n) is 11.6. The number of pyridine rings is 1. The van der Waals surface area contributed by atoms with E-state index in [0.29, 0.717) is 5.78 Å². The minimum absolute atomic E-state index is 0.0353. The van der Waals surface area contributed by atoms with Gasteiger partial charge >= 0.3 is 0 Å². The van der Waals surface area contributed by atoms with Crippen molar-refractivity contribution in [2.24, 2.45) is 5.92 Å². The van der Waals surface area contributed by atoms with Crippen molar-refractivity contribution in [2.45, 2.75) is 31.7 Å². The molecule has 2 amide bonds. The highest BCUT2D eigenvalue weighted by atomic mass is 16.3. The standard InChI is InChI=1S/C22H26N8O2.CH2O2/c31-20(19-26-22-24-8-1-11-30(22)27-19)25-17-4-2-16(3-5-17)21(32)29-14-12-28(13-15-29)18-6-9-23-10-7-18;2-1-3/h1,6-11,16-17H,2-5,12-15H2,(H,25,31);1H,(H,2,3). The summed E-state index contributed by atoms with van der Waals surface area (Å²) in [6.45, 7) is 2.90. The summed E-state index contributed by atoms with van der Waals surface area (Å²) in [6, 6.07) is 5.78. The van der Waals surface area contributed by atoms with Gasteiger partial charge in [-0.15, -0.1) is 5.10 Å². The molecule has 0 aromatic carbocycles. The van der Waals surface area contributed by atoms with Crippen LogP contribution in [0.2, 0.25) is 0 Å². The smallest absolute Gasteiger partial charge is 0.291 e. The van der Waals surface area contributed by atoms with Crippen LogP contribution in [0.15, 0.2) is 43.0 Å². The molecule has 4 heterocycles. The number of amides is 2. The first-order valence-corrected chi connectivity index (χ1v) is 11.6. The van der Waals surface area contributed by atoms with Gasteiger partial charge in [-0.3, -0.25) is 19.4 Å². The van der Waals surface area contributed by atoms with E-state index in [2.05, 4.69) is 30.3 Å². The topological polar surface area (TPSA) is 146 Å². The molecule has 184 valence electrons. The molecule has 1 aliphatic carbocycles. The van der Waals surface area contributed by atoms with Gasteiger partial charge in [0.2, 0.25) is 11.7 Å². The number of carbonyl (C=O) groups is 3. The number of aromatic nitrogens is 5. The summed E-state index contributed by atoms with van der Waals surface area (Å²) in [6.07, 6.45) is 10.1. The molecule has 0 bridgehead atoms. The van der Waals surface area contributed by atoms with Gasteiger partial charge in [-0.2, -0.15) is 4.98 Å². The van der Waals surface area contributed by atoms with E-state index in [1.165, 1.54) is 4.52 Å². The van der Waals surface area contributed by atoms with Crippen LogP contribution in [-0.4, -0.2) is 85.1 Å². The molecule has 2 fully saturated rings. The van der Waals surface area contributed by atoms with Crippen LogP contribution < -0.4 is 10.2 Å². The van der Waals surface area contributed by atoms with Crippen LogP contribution in [0.3, 0.4) is 0 Å². The van der Waals surface area contributed by atoms with Crippen molar-refractivity contribution >= 4 is 29.8 Å². The zero-order chi connectivity index (χ0) is 24.6. The molecule has 3 aromatic rings. The number of rotatable bonds is 4. The minimum Gasteiger partial charge on any atom is -0.483 e. The van der Waals surface area contributed by atoms with Gasteiger partial charge in [-0.25, -0.2) is 9.50 Å². The Hall–Kier alpha value is -4.09. The number of fused-ring (bicyclic) bond motifs is 1. The predicted molar refractivity (Wildman–Crippen MR) is 126 cm³/mol. The van der Waals surface area contributed by atoms with Crippen LogP contribution in [-0.2, 0) is 9.59 Å². The zero-order valence-electron chi connectivity index (χ0n) is 19.2. The average molecular weight is 481 g/mol. The predicted octanol–water partition coefficient (Wildman–Crippen LogP) is 0.857. The van der Waals surface area contributed by atoms with Crippen molar-refractivity contribution in [2.75, 3.05) is 31.1 Å². The van der Waals surface area contributed by atoms with Crippen molar-refractivity contribution in [1.82, 2.24) is 34.8 Å². The highest BCUT2D eigenvalue weighted by Gasteiger charge is 2.32. The van der Waals surface area contributed by atoms with E-state index < -0.39 is 0 Å². The molecule has 1 saturated heterocycles. The molecule has 12 nitrogen and oxygen atoms in total. The fraction of sp³-hybridized carbons (Fsp3) is 0.435. The van der Waals surface area contributed by atoms with Crippen LogP contribution in [0.25, 0.3) is 5.78 Å². The second-order valence-corrected chi connectivity index (χ2v) is 8.44. The maximum atomic E-state index is 13.0. The number of carbonyl (C=O) groups excluding carboxylic acids is 2. The second kappa shape index (κ2) is 11.4. The first kappa shape index (κ1) is 24.0. The van der Waals surface area contributed by atoms with Gasteiger partial charge in [0.15, 0.2) is 0 Å². The van der Waals surface area contributed by atoms with Gasteiger partial charge in [-0.05, 0) is 43.9 Å². The van der Waals surface area contributed by atoms with Gasteiger partial charge in [0.05, 0.1) is 0 Å². The van der Waals surface area contributed by atoms with Crippen LogP contribution in [0.4, 0.5) is 5.69 Å². The van der Waals surface area contributed by atoms with Gasteiger partial charge in [0, 0.05) is 68.6 Å². The minimum atomic E-state index is -0.294. The third-order valence-corrected chi connectivity index (χ3v) is 6.35. The van der Waals surface area contributed by atoms with Crippen molar-refractivity contribution in [3.8, 4) is 0 Å². The molecule has 3 aromatic heterocycles. The van der Waals surface area contributed by atoms with E-state index in [1.54, 1.807) is 30.9 Å². The lowest BCUT2D eigenvalue weighted by atomic mass is 9.85. The summed E-state index contributed by atoms with van der Waals surface area (Å²) in [5.74, 6) is 0.507. The lowest BCUT2D eigenvalue weighted by Gasteiger charge is -2.38. The molecule has 1 aliphatic heterocycles. The van der Waals surface area contributed by atoms with Crippen LogP contribution in [0.5, 0.6) is 0 Å². The Labute approximate surface area is 202 Å². The molecule has 1 saturated carbocycles. The van der Waals surface area contributed by atoms with E-state index in [-0.39, 0.29) is 36.1 Å². The number of piperazine rings is 1. The Morgan fingerprint density at radius 2 is 1.71 bits per heavy atom. The Morgan fingerprint density at radius 1 is 1.03 bits per heavy atom. The molecule has 2 aliphatic rings. The summed E-state index contributed by atoms with van der Waals surface area (Å²) >= 11 is 0. The number of nitrogens with one attached hydrogen (secondary N) is 1. The number of hydrogen-bond donors (Lipinski definition) is 2. The molecule has 0 radical (unpaired) electrons. The Kier molecular flexibility index (Phi) is 7.81. The summed E-state index contributed by atoms with van der Waals surface area (Å²) in [7, 11) is 0. The van der Waals surface area contributed by atoms with Crippen molar-refractivity contribution in [3.05, 3.63) is 48.8 Å². The molecule has 35 heavy (non-hydrogen) atoms. The van der Waals surface area contributed by atoms with E-state index in [4.69, 9.17) is 9.90 Å². The SMILES string of the molecule is O=C(NC1CCC(C(=O)N2CCN(c3ccncc3)CC2)CC1)c1nc2ncccn2n1.O=CO. The quantitative estimate of drug-likeness (QED) is 0.519. The maximum absolute atomic E-state index is 13.0. The van der Waals surface area contributed by atoms with Crippen LogP contribution in [0.1, 0.15) is 36.3 Å². The van der Waals surface area contributed by atoms with Gasteiger partial charge in [-0.1, -0.05) is 0 Å². The first-order chi connectivity index (χ1) is 17.1. The molecule has 5 rings (SSSR count). The van der Waals surface area contributed by atoms with E-state index in [9.17, 15) is 9.59 Å². The lowest BCUT2D eigenvalue weighted by Crippen LogP contribution is -2.51. The normalized spacial score (nSPS) is 20.0. The van der Waals surface area contributed by atoms with Crippen molar-refractivity contribution in [3.63, 3.8) is 0 Å². The number of hydrogen-bond acceptors (Lipinski definition) is 8. The molecule has 0 spiro atoms. The molecule has 12 heteroatoms. The summed E-state index contributed by atoms with van der Waals surface area (Å²) in [5, 5.41) is 14.1. The fourth-order valence-electron chi connectivity index (χ4n) is 4.56. The number of anilines is 1. The van der Waals surface area contributed by atoms with E-state index in [0.717, 1.165) is 57.5 Å². The average Bonchev–Trinajstić information content (AvgIpc) is 3.35. The number of nitrogens with zero attached hydrogens (tertiary/aromatic N) is 7. The molecular formula is C23H28N8O4. The van der Waals surface area contributed by atoms with Crippen molar-refractivity contribution in [1.29, 1.82) is 0 Å². The third kappa shape index (κ3) is 5.89. The Balaban J connectivity index is 0.000000917. The van der Waals surface area contributed by atoms with E-state index >= 15 is 0 Å². The summed E-state index contributed by atoms with van der Waals surface area (Å²) in [4.78, 5) is 50.5. The van der Waals surface area contributed by atoms with Crippen LogP contribution >= 0.6 is 0 Å². The third-order valence-electron chi connectivity index (χ3n) is 6.35. The molecule has 0 unspecified atom stereocenters. The molecule has 0 atom stereocenters. The monoisotopic (exact) mass is 480 g/mol. The van der Waals surface area contributed by atoms with Gasteiger partial charge < -0.3 is 20.2 Å². The van der Waals surface area contributed by atoms with Crippen molar-refractivity contribution < 1.29 is 19.5 Å². The Morgan fingerprint density at radius 3 is 2.37 bits per heavy atom. The Bertz CT molecular complexity index is 1110. The fourth-order valence-corrected chi connectivity index (χ4v) is 4.56. The summed E-state index contributed by atoms with van der Waals surface area (Å²) < 4.78 is 1.49. The molecule has 2 N–H and O–H groups in total. The summed E-state index contributed by atoms with van der Waals surface area (Å²) in [5.41, 5.74) is 1.15. The molecular weight excluding hydrogens is 452 g/mol. The number of carboxylic acid groups (broad SMARTS) is 1.